The Bertz CT molecular complexity index is 365. The van der Waals surface area contributed by atoms with Gasteiger partial charge in [0.2, 0.25) is 11.6 Å². The normalized spacial score (nSPS) is 11.5. The van der Waals surface area contributed by atoms with Crippen molar-refractivity contribution in [3.8, 4) is 0 Å². The largest absolute Gasteiger partial charge is 0.862 e. The maximum Gasteiger partial charge on any atom is 0.372 e. The quantitative estimate of drug-likeness (QED) is 0.252. The lowest BCUT2D eigenvalue weighted by molar-refractivity contribution is -0.754. The zero-order valence-electron chi connectivity index (χ0n) is 8.09. The molecule has 0 N–H and O–H groups in total. The standard InChI is InChI=1S/C7H10N4O3/c1-5(13)8-7-6(4-12)11(9-14-7)10(2)3/h4H,1-3H3. The Balaban J connectivity index is 3.20. The molecule has 7 heteroatoms. The van der Waals surface area contributed by atoms with Crippen LogP contribution < -0.4 is 14.9 Å². The molecule has 1 aromatic heterocycles. The van der Waals surface area contributed by atoms with E-state index in [1.807, 2.05) is 0 Å². The third kappa shape index (κ3) is 1.87. The minimum atomic E-state index is -0.449. The number of aldehydes is 1. The SMILES string of the molecule is C/C([O-])=N/c1on[n+](N(C)C)c1C=O. The fourth-order valence-corrected chi connectivity index (χ4v) is 0.860. The van der Waals surface area contributed by atoms with Crippen molar-refractivity contribution in [2.24, 2.45) is 4.99 Å². The summed E-state index contributed by atoms with van der Waals surface area (Å²) in [5, 5.41) is 15.7. The van der Waals surface area contributed by atoms with Gasteiger partial charge in [-0.05, 0) is 12.8 Å². The van der Waals surface area contributed by atoms with Crippen LogP contribution in [0, 0.1) is 0 Å². The van der Waals surface area contributed by atoms with Crippen molar-refractivity contribution < 1.29 is 19.2 Å². The van der Waals surface area contributed by atoms with Crippen LogP contribution in [0.1, 0.15) is 17.4 Å². The number of nitrogens with zero attached hydrogens (tertiary/aromatic N) is 4. The van der Waals surface area contributed by atoms with Crippen LogP contribution in [-0.4, -0.2) is 31.6 Å². The van der Waals surface area contributed by atoms with E-state index in [0.29, 0.717) is 6.29 Å². The first-order valence-corrected chi connectivity index (χ1v) is 3.83. The molecule has 1 heterocycles. The highest BCUT2D eigenvalue weighted by atomic mass is 16.5. The van der Waals surface area contributed by atoms with Gasteiger partial charge in [0.05, 0.1) is 18.9 Å². The average Bonchev–Trinajstić information content (AvgIpc) is 2.46. The second-order valence-electron chi connectivity index (χ2n) is 2.75. The summed E-state index contributed by atoms with van der Waals surface area (Å²) in [6.45, 7) is 1.26. The summed E-state index contributed by atoms with van der Waals surface area (Å²) in [4.78, 5) is 15.4. The maximum absolute atomic E-state index is 10.7. The number of hydrogen-bond acceptors (Lipinski definition) is 6. The van der Waals surface area contributed by atoms with Crippen LogP contribution in [0.2, 0.25) is 0 Å². The Morgan fingerprint density at radius 2 is 2.36 bits per heavy atom. The van der Waals surface area contributed by atoms with Crippen LogP contribution in [0.15, 0.2) is 9.52 Å². The molecule has 0 unspecified atom stereocenters. The predicted octanol–water partition coefficient (Wildman–Crippen LogP) is -1.62. The Morgan fingerprint density at radius 1 is 1.71 bits per heavy atom. The zero-order valence-corrected chi connectivity index (χ0v) is 8.09. The molecule has 0 saturated carbocycles. The van der Waals surface area contributed by atoms with Gasteiger partial charge in [-0.1, -0.05) is 0 Å². The van der Waals surface area contributed by atoms with E-state index in [4.69, 9.17) is 4.52 Å². The molecule has 76 valence electrons. The lowest BCUT2D eigenvalue weighted by Crippen LogP contribution is -2.56. The summed E-state index contributed by atoms with van der Waals surface area (Å²) in [7, 11) is 3.35. The van der Waals surface area contributed by atoms with Crippen molar-refractivity contribution in [2.75, 3.05) is 19.1 Å². The molecular weight excluding hydrogens is 188 g/mol. The van der Waals surface area contributed by atoms with Crippen LogP contribution in [0.4, 0.5) is 5.88 Å². The molecule has 0 amide bonds. The van der Waals surface area contributed by atoms with E-state index in [1.54, 1.807) is 14.1 Å². The number of rotatable bonds is 3. The minimum absolute atomic E-state index is 0.0822. The number of carbonyl (C=O) groups excluding carboxylic acids is 1. The first-order valence-electron chi connectivity index (χ1n) is 3.83. The highest BCUT2D eigenvalue weighted by Gasteiger charge is 2.25. The molecule has 1 aromatic rings. The summed E-state index contributed by atoms with van der Waals surface area (Å²) >= 11 is 0. The van der Waals surface area contributed by atoms with Crippen LogP contribution in [0.5, 0.6) is 0 Å². The van der Waals surface area contributed by atoms with Gasteiger partial charge in [-0.3, -0.25) is 9.32 Å². The highest BCUT2D eigenvalue weighted by Crippen LogP contribution is 2.11. The minimum Gasteiger partial charge on any atom is -0.862 e. The molecule has 0 saturated heterocycles. The molecular formula is C7H10N4O3. The molecule has 0 spiro atoms. The second-order valence-corrected chi connectivity index (χ2v) is 2.75. The topological polar surface area (TPSA) is 85.6 Å². The third-order valence-corrected chi connectivity index (χ3v) is 1.39. The zero-order chi connectivity index (χ0) is 10.7. The van der Waals surface area contributed by atoms with E-state index in [-0.39, 0.29) is 11.6 Å². The van der Waals surface area contributed by atoms with Crippen molar-refractivity contribution in [1.29, 1.82) is 0 Å². The molecule has 1 rings (SSSR count). The monoisotopic (exact) mass is 198 g/mol. The molecule has 7 nitrogen and oxygen atoms in total. The lowest BCUT2D eigenvalue weighted by atomic mass is 10.5. The summed E-state index contributed by atoms with van der Waals surface area (Å²) in [5.41, 5.74) is 0.102. The van der Waals surface area contributed by atoms with Gasteiger partial charge >= 0.3 is 11.6 Å². The molecule has 0 bridgehead atoms. The molecule has 0 radical (unpaired) electrons. The number of hydrogen-bond donors (Lipinski definition) is 0. The van der Waals surface area contributed by atoms with Crippen molar-refractivity contribution in [1.82, 2.24) is 5.27 Å². The lowest BCUT2D eigenvalue weighted by Gasteiger charge is -1.98. The van der Waals surface area contributed by atoms with Gasteiger partial charge in [0.15, 0.2) is 0 Å². The van der Waals surface area contributed by atoms with Crippen LogP contribution in [-0.2, 0) is 0 Å². The average molecular weight is 198 g/mol. The second kappa shape index (κ2) is 3.86. The molecule has 0 aliphatic carbocycles. The number of carbonyl (C=O) groups is 1. The maximum atomic E-state index is 10.7. The highest BCUT2D eigenvalue weighted by molar-refractivity contribution is 5.79. The molecule has 0 aromatic carbocycles. The Morgan fingerprint density at radius 3 is 2.79 bits per heavy atom. The van der Waals surface area contributed by atoms with Gasteiger partial charge in [0.25, 0.3) is 0 Å². The fraction of sp³-hybridized carbons (Fsp3) is 0.429. The summed E-state index contributed by atoms with van der Waals surface area (Å²) < 4.78 is 4.71. The van der Waals surface area contributed by atoms with Gasteiger partial charge < -0.3 is 5.11 Å². The summed E-state index contributed by atoms with van der Waals surface area (Å²) in [6.07, 6.45) is 0.526. The van der Waals surface area contributed by atoms with Crippen molar-refractivity contribution in [3.63, 3.8) is 0 Å². The van der Waals surface area contributed by atoms with Gasteiger partial charge in [-0.25, -0.2) is 4.99 Å². The molecule has 0 aliphatic heterocycles. The van der Waals surface area contributed by atoms with E-state index in [2.05, 4.69) is 10.3 Å². The first kappa shape index (κ1) is 10.2. The fourth-order valence-electron chi connectivity index (χ4n) is 0.860. The van der Waals surface area contributed by atoms with Crippen molar-refractivity contribution in [2.45, 2.75) is 6.92 Å². The van der Waals surface area contributed by atoms with E-state index in [9.17, 15) is 9.90 Å². The van der Waals surface area contributed by atoms with Crippen molar-refractivity contribution >= 4 is 18.1 Å². The van der Waals surface area contributed by atoms with Crippen LogP contribution >= 0.6 is 0 Å². The molecule has 0 atom stereocenters. The number of aliphatic imine (C=N–C) groups is 1. The van der Waals surface area contributed by atoms with Crippen molar-refractivity contribution in [3.05, 3.63) is 5.69 Å². The van der Waals surface area contributed by atoms with Gasteiger partial charge in [0.1, 0.15) is 0 Å². The van der Waals surface area contributed by atoms with E-state index in [0.717, 1.165) is 0 Å². The predicted molar refractivity (Wildman–Crippen MR) is 44.9 cm³/mol. The Kier molecular flexibility index (Phi) is 2.80. The van der Waals surface area contributed by atoms with Crippen LogP contribution in [0.25, 0.3) is 0 Å². The van der Waals surface area contributed by atoms with E-state index in [1.165, 1.54) is 16.7 Å². The van der Waals surface area contributed by atoms with Gasteiger partial charge in [0, 0.05) is 0 Å². The Labute approximate surface area is 80.2 Å². The summed E-state index contributed by atoms with van der Waals surface area (Å²) in [6, 6.07) is 0. The molecule has 14 heavy (non-hydrogen) atoms. The van der Waals surface area contributed by atoms with Gasteiger partial charge in [-0.2, -0.15) is 5.01 Å². The molecule has 0 aliphatic rings. The Hall–Kier alpha value is -1.92. The first-order chi connectivity index (χ1) is 6.56. The summed E-state index contributed by atoms with van der Waals surface area (Å²) in [5.74, 6) is -0.531. The van der Waals surface area contributed by atoms with Crippen LogP contribution in [0.3, 0.4) is 0 Å². The van der Waals surface area contributed by atoms with E-state index >= 15 is 0 Å². The number of aromatic nitrogens is 2. The van der Waals surface area contributed by atoms with E-state index < -0.39 is 5.90 Å². The smallest absolute Gasteiger partial charge is 0.372 e. The van der Waals surface area contributed by atoms with Gasteiger partial charge in [-0.15, -0.1) is 0 Å². The molecule has 0 fully saturated rings. The third-order valence-electron chi connectivity index (χ3n) is 1.39.